The van der Waals surface area contributed by atoms with Crippen LogP contribution in [0.2, 0.25) is 0 Å². The molecule has 2 atom stereocenters. The largest absolute Gasteiger partial charge is 0.324 e. The lowest BCUT2D eigenvalue weighted by Crippen LogP contribution is -2.44. The highest BCUT2D eigenvalue weighted by molar-refractivity contribution is 7.99. The molecule has 2 unspecified atom stereocenters. The zero-order valence-corrected chi connectivity index (χ0v) is 12.3. The van der Waals surface area contributed by atoms with E-state index in [0.717, 1.165) is 19.4 Å². The average molecular weight is 268 g/mol. The van der Waals surface area contributed by atoms with Crippen LogP contribution in [0.3, 0.4) is 0 Å². The van der Waals surface area contributed by atoms with Crippen molar-refractivity contribution in [3.8, 4) is 0 Å². The van der Waals surface area contributed by atoms with Crippen LogP contribution < -0.4 is 5.32 Å². The van der Waals surface area contributed by atoms with E-state index in [4.69, 9.17) is 0 Å². The Morgan fingerprint density at radius 1 is 1.44 bits per heavy atom. The number of hydrogen-bond acceptors (Lipinski definition) is 3. The summed E-state index contributed by atoms with van der Waals surface area (Å²) >= 11 is 1.86. The van der Waals surface area contributed by atoms with Crippen LogP contribution in [0.1, 0.15) is 45.4 Å². The molecule has 0 aromatic heterocycles. The predicted molar refractivity (Wildman–Crippen MR) is 75.5 cm³/mol. The Labute approximate surface area is 114 Å². The van der Waals surface area contributed by atoms with Crippen LogP contribution in [-0.2, 0) is 4.79 Å². The van der Waals surface area contributed by atoms with Crippen molar-refractivity contribution >= 4 is 17.7 Å². The van der Waals surface area contributed by atoms with Crippen molar-refractivity contribution in [1.29, 1.82) is 0 Å². The van der Waals surface area contributed by atoms with Gasteiger partial charge < -0.3 is 4.90 Å². The lowest BCUT2D eigenvalue weighted by Gasteiger charge is -2.30. The van der Waals surface area contributed by atoms with Gasteiger partial charge in [-0.25, -0.2) is 0 Å². The summed E-state index contributed by atoms with van der Waals surface area (Å²) in [4.78, 5) is 14.7. The fourth-order valence-electron chi connectivity index (χ4n) is 3.50. The average Bonchev–Trinajstić information content (AvgIpc) is 2.85. The lowest BCUT2D eigenvalue weighted by atomic mass is 10.0. The van der Waals surface area contributed by atoms with Crippen LogP contribution in [-0.4, -0.2) is 40.6 Å². The summed E-state index contributed by atoms with van der Waals surface area (Å²) in [5.74, 6) is 1.09. The summed E-state index contributed by atoms with van der Waals surface area (Å²) in [5, 5.41) is 4.22. The SMILES string of the molecule is CSC(C)CN1C(=O)C2(CC2)NC1C1CCCC1. The third-order valence-corrected chi connectivity index (χ3v) is 5.84. The van der Waals surface area contributed by atoms with Crippen LogP contribution in [0, 0.1) is 5.92 Å². The molecule has 1 N–H and O–H groups in total. The van der Waals surface area contributed by atoms with Gasteiger partial charge in [-0.2, -0.15) is 11.8 Å². The second-order valence-electron chi connectivity index (χ2n) is 6.22. The van der Waals surface area contributed by atoms with Gasteiger partial charge in [-0.05, 0) is 37.9 Å². The molecule has 1 heterocycles. The van der Waals surface area contributed by atoms with Crippen molar-refractivity contribution in [3.63, 3.8) is 0 Å². The summed E-state index contributed by atoms with van der Waals surface area (Å²) in [6.07, 6.45) is 9.86. The summed E-state index contributed by atoms with van der Waals surface area (Å²) in [6.45, 7) is 3.14. The third-order valence-electron chi connectivity index (χ3n) is 4.88. The maximum absolute atomic E-state index is 12.6. The molecule has 1 saturated heterocycles. The minimum atomic E-state index is -0.134. The molecule has 102 valence electrons. The molecule has 1 spiro atoms. The van der Waals surface area contributed by atoms with E-state index in [1.54, 1.807) is 0 Å². The van der Waals surface area contributed by atoms with E-state index in [9.17, 15) is 4.79 Å². The van der Waals surface area contributed by atoms with Gasteiger partial charge in [-0.3, -0.25) is 10.1 Å². The van der Waals surface area contributed by atoms with Crippen LogP contribution in [0.5, 0.6) is 0 Å². The van der Waals surface area contributed by atoms with Crippen LogP contribution >= 0.6 is 11.8 Å². The fourth-order valence-corrected chi connectivity index (χ4v) is 3.81. The molecule has 1 amide bonds. The highest BCUT2D eigenvalue weighted by atomic mass is 32.2. The van der Waals surface area contributed by atoms with E-state index in [1.165, 1.54) is 25.7 Å². The molecule has 0 radical (unpaired) electrons. The Bertz CT molecular complexity index is 337. The Hall–Kier alpha value is -0.220. The summed E-state index contributed by atoms with van der Waals surface area (Å²) in [5.41, 5.74) is -0.134. The molecule has 0 aromatic rings. The second kappa shape index (κ2) is 4.71. The molecule has 3 nitrogen and oxygen atoms in total. The first kappa shape index (κ1) is 12.8. The quantitative estimate of drug-likeness (QED) is 0.848. The highest BCUT2D eigenvalue weighted by Gasteiger charge is 2.60. The van der Waals surface area contributed by atoms with Gasteiger partial charge in [-0.15, -0.1) is 0 Å². The van der Waals surface area contributed by atoms with Crippen molar-refractivity contribution in [2.75, 3.05) is 12.8 Å². The van der Waals surface area contributed by atoms with E-state index in [0.29, 0.717) is 23.2 Å². The minimum Gasteiger partial charge on any atom is -0.324 e. The Balaban J connectivity index is 1.75. The monoisotopic (exact) mass is 268 g/mol. The normalized spacial score (nSPS) is 32.4. The molecule has 18 heavy (non-hydrogen) atoms. The summed E-state index contributed by atoms with van der Waals surface area (Å²) < 4.78 is 0. The van der Waals surface area contributed by atoms with Gasteiger partial charge in [0.05, 0.1) is 11.7 Å². The smallest absolute Gasteiger partial charge is 0.244 e. The number of nitrogens with zero attached hydrogens (tertiary/aromatic N) is 1. The van der Waals surface area contributed by atoms with Gasteiger partial charge in [0.1, 0.15) is 0 Å². The fraction of sp³-hybridized carbons (Fsp3) is 0.929. The molecule has 3 rings (SSSR count). The van der Waals surface area contributed by atoms with E-state index < -0.39 is 0 Å². The highest BCUT2D eigenvalue weighted by Crippen LogP contribution is 2.45. The van der Waals surface area contributed by atoms with Crippen molar-refractivity contribution in [3.05, 3.63) is 0 Å². The Morgan fingerprint density at radius 3 is 2.67 bits per heavy atom. The van der Waals surface area contributed by atoms with Crippen molar-refractivity contribution in [2.45, 2.75) is 62.4 Å². The molecule has 2 saturated carbocycles. The van der Waals surface area contributed by atoms with Crippen LogP contribution in [0.4, 0.5) is 0 Å². The number of carbonyl (C=O) groups is 1. The second-order valence-corrected chi connectivity index (χ2v) is 7.50. The molecule has 4 heteroatoms. The van der Waals surface area contributed by atoms with E-state index >= 15 is 0 Å². The predicted octanol–water partition coefficient (Wildman–Crippen LogP) is 2.22. The summed E-state index contributed by atoms with van der Waals surface area (Å²) in [7, 11) is 0. The van der Waals surface area contributed by atoms with Gasteiger partial charge >= 0.3 is 0 Å². The third kappa shape index (κ3) is 2.07. The molecular formula is C14H24N2OS. The number of amides is 1. The number of hydrogen-bond donors (Lipinski definition) is 1. The number of carbonyl (C=O) groups excluding carboxylic acids is 1. The molecule has 0 aromatic carbocycles. The molecule has 3 aliphatic rings. The van der Waals surface area contributed by atoms with Gasteiger partial charge in [-0.1, -0.05) is 19.8 Å². The zero-order chi connectivity index (χ0) is 12.8. The molecule has 2 aliphatic carbocycles. The van der Waals surface area contributed by atoms with Crippen molar-refractivity contribution in [2.24, 2.45) is 5.92 Å². The molecule has 1 aliphatic heterocycles. The van der Waals surface area contributed by atoms with E-state index in [-0.39, 0.29) is 5.54 Å². The van der Waals surface area contributed by atoms with Gasteiger partial charge in [0, 0.05) is 11.8 Å². The standard InChI is InChI=1S/C14H24N2OS/c1-10(18-2)9-16-12(11-5-3-4-6-11)15-14(7-8-14)13(16)17/h10-12,15H,3-9H2,1-2H3. The molecule has 0 bridgehead atoms. The Morgan fingerprint density at radius 2 is 2.11 bits per heavy atom. The van der Waals surface area contributed by atoms with Gasteiger partial charge in [0.15, 0.2) is 0 Å². The number of thioether (sulfide) groups is 1. The summed E-state index contributed by atoms with van der Waals surface area (Å²) in [6, 6.07) is 0. The number of rotatable bonds is 4. The molecular weight excluding hydrogens is 244 g/mol. The number of nitrogens with one attached hydrogen (secondary N) is 1. The van der Waals surface area contributed by atoms with Crippen molar-refractivity contribution in [1.82, 2.24) is 10.2 Å². The van der Waals surface area contributed by atoms with Crippen molar-refractivity contribution < 1.29 is 4.79 Å². The topological polar surface area (TPSA) is 32.3 Å². The first-order valence-corrected chi connectivity index (χ1v) is 8.57. The first-order valence-electron chi connectivity index (χ1n) is 7.28. The maximum atomic E-state index is 12.6. The van der Waals surface area contributed by atoms with Gasteiger partial charge in [0.2, 0.25) is 5.91 Å². The maximum Gasteiger partial charge on any atom is 0.244 e. The van der Waals surface area contributed by atoms with Crippen LogP contribution in [0.15, 0.2) is 0 Å². The zero-order valence-electron chi connectivity index (χ0n) is 11.4. The van der Waals surface area contributed by atoms with Crippen LogP contribution in [0.25, 0.3) is 0 Å². The van der Waals surface area contributed by atoms with E-state index in [1.807, 2.05) is 11.8 Å². The first-order chi connectivity index (χ1) is 8.66. The van der Waals surface area contributed by atoms with E-state index in [2.05, 4.69) is 23.4 Å². The minimum absolute atomic E-state index is 0.134. The van der Waals surface area contributed by atoms with Gasteiger partial charge in [0.25, 0.3) is 0 Å². The molecule has 3 fully saturated rings. The Kier molecular flexibility index (Phi) is 3.35. The lowest BCUT2D eigenvalue weighted by molar-refractivity contribution is -0.131.